The molecule has 0 spiro atoms. The first-order chi connectivity index (χ1) is 8.81. The van der Waals surface area contributed by atoms with E-state index >= 15 is 0 Å². The predicted molar refractivity (Wildman–Crippen MR) is 83.8 cm³/mol. The van der Waals surface area contributed by atoms with E-state index in [0.29, 0.717) is 12.3 Å². The molecule has 0 aliphatic carbocycles. The van der Waals surface area contributed by atoms with Gasteiger partial charge in [0, 0.05) is 6.04 Å². The van der Waals surface area contributed by atoms with Crippen LogP contribution >= 0.6 is 12.4 Å². The molecule has 0 radical (unpaired) electrons. The Hall–Kier alpha value is -0.360. The second-order valence-electron chi connectivity index (χ2n) is 5.81. The quantitative estimate of drug-likeness (QED) is 0.512. The van der Waals surface area contributed by atoms with E-state index in [1.54, 1.807) is 0 Å². The van der Waals surface area contributed by atoms with Crippen LogP contribution in [0.2, 0.25) is 0 Å². The molecule has 0 aliphatic rings. The smallest absolute Gasteiger partial charge is 0.222 e. The second-order valence-corrected chi connectivity index (χ2v) is 5.81. The van der Waals surface area contributed by atoms with Gasteiger partial charge in [-0.2, -0.15) is 0 Å². The van der Waals surface area contributed by atoms with E-state index in [9.17, 15) is 15.0 Å². The van der Waals surface area contributed by atoms with Crippen LogP contribution in [-0.2, 0) is 4.79 Å². The number of halogens is 1. The van der Waals surface area contributed by atoms with E-state index in [2.05, 4.69) is 5.32 Å². The fraction of sp³-hybridized carbons (Fsp3) is 0.929. The molecule has 0 aromatic carbocycles. The highest BCUT2D eigenvalue weighted by Crippen LogP contribution is 2.10. The maximum absolute atomic E-state index is 11.8. The van der Waals surface area contributed by atoms with Crippen LogP contribution in [0.15, 0.2) is 0 Å². The van der Waals surface area contributed by atoms with Gasteiger partial charge in [0.15, 0.2) is 0 Å². The lowest BCUT2D eigenvalue weighted by Gasteiger charge is -2.24. The Morgan fingerprint density at radius 1 is 1.30 bits per heavy atom. The van der Waals surface area contributed by atoms with Crippen molar-refractivity contribution in [2.24, 2.45) is 17.6 Å². The van der Waals surface area contributed by atoms with Gasteiger partial charge < -0.3 is 21.3 Å². The number of hydrogen-bond acceptors (Lipinski definition) is 4. The first-order valence-corrected chi connectivity index (χ1v) is 7.15. The van der Waals surface area contributed by atoms with Crippen molar-refractivity contribution in [2.75, 3.05) is 6.61 Å². The zero-order valence-corrected chi connectivity index (χ0v) is 13.8. The van der Waals surface area contributed by atoms with Gasteiger partial charge in [0.1, 0.15) is 0 Å². The van der Waals surface area contributed by atoms with Crippen LogP contribution in [0.1, 0.15) is 47.0 Å². The standard InChI is InChI=1S/C14H30N2O3.ClH/c1-5-10(4)12(8-17)16-14(19)7-13(18)11(15)6-9(2)3;/h9-13,17-18H,5-8,15H2,1-4H3,(H,16,19);1H/t10-,11-,12+,13-;/m0./s1. The summed E-state index contributed by atoms with van der Waals surface area (Å²) in [4.78, 5) is 11.8. The topological polar surface area (TPSA) is 95.6 Å². The average Bonchev–Trinajstić information content (AvgIpc) is 2.33. The number of hydrogen-bond donors (Lipinski definition) is 4. The Morgan fingerprint density at radius 3 is 2.25 bits per heavy atom. The number of aliphatic hydroxyl groups is 2. The van der Waals surface area contributed by atoms with Gasteiger partial charge in [-0.3, -0.25) is 4.79 Å². The van der Waals surface area contributed by atoms with Crippen LogP contribution in [0, 0.1) is 11.8 Å². The van der Waals surface area contributed by atoms with Gasteiger partial charge in [-0.05, 0) is 18.3 Å². The van der Waals surface area contributed by atoms with E-state index < -0.39 is 6.10 Å². The summed E-state index contributed by atoms with van der Waals surface area (Å²) in [6, 6.07) is -0.645. The molecular formula is C14H31ClN2O3. The third kappa shape index (κ3) is 8.74. The number of carbonyl (C=O) groups is 1. The maximum atomic E-state index is 11.8. The summed E-state index contributed by atoms with van der Waals surface area (Å²) in [5.41, 5.74) is 5.84. The van der Waals surface area contributed by atoms with E-state index in [-0.39, 0.29) is 49.3 Å². The highest BCUT2D eigenvalue weighted by atomic mass is 35.5. The van der Waals surface area contributed by atoms with Crippen LogP contribution in [0.4, 0.5) is 0 Å². The molecule has 0 aromatic heterocycles. The number of aliphatic hydroxyl groups excluding tert-OH is 2. The molecule has 20 heavy (non-hydrogen) atoms. The summed E-state index contributed by atoms with van der Waals surface area (Å²) in [6.07, 6.45) is 0.712. The molecule has 4 atom stereocenters. The van der Waals surface area contributed by atoms with Gasteiger partial charge in [-0.15, -0.1) is 12.4 Å². The Labute approximate surface area is 128 Å². The molecule has 1 amide bonds. The third-order valence-corrected chi connectivity index (χ3v) is 3.51. The zero-order valence-electron chi connectivity index (χ0n) is 13.0. The van der Waals surface area contributed by atoms with E-state index in [0.717, 1.165) is 6.42 Å². The summed E-state index contributed by atoms with van der Waals surface area (Å²) < 4.78 is 0. The zero-order chi connectivity index (χ0) is 15.0. The van der Waals surface area contributed by atoms with Gasteiger partial charge in [0.05, 0.1) is 25.2 Å². The predicted octanol–water partition coefficient (Wildman–Crippen LogP) is 1.06. The largest absolute Gasteiger partial charge is 0.394 e. The van der Waals surface area contributed by atoms with Crippen LogP contribution in [0.3, 0.4) is 0 Å². The Morgan fingerprint density at radius 2 is 1.85 bits per heavy atom. The molecule has 0 aromatic rings. The van der Waals surface area contributed by atoms with E-state index in [1.165, 1.54) is 0 Å². The monoisotopic (exact) mass is 310 g/mol. The molecule has 0 saturated heterocycles. The molecule has 0 heterocycles. The normalized spacial score (nSPS) is 17.0. The van der Waals surface area contributed by atoms with Crippen molar-refractivity contribution in [3.63, 3.8) is 0 Å². The Balaban J connectivity index is 0. The summed E-state index contributed by atoms with van der Waals surface area (Å²) in [5, 5.41) is 21.9. The fourth-order valence-electron chi connectivity index (χ4n) is 1.96. The van der Waals surface area contributed by atoms with Crippen molar-refractivity contribution < 1.29 is 15.0 Å². The van der Waals surface area contributed by atoms with Crippen molar-refractivity contribution in [3.05, 3.63) is 0 Å². The van der Waals surface area contributed by atoms with Crippen LogP contribution in [0.5, 0.6) is 0 Å². The van der Waals surface area contributed by atoms with E-state index in [4.69, 9.17) is 5.73 Å². The minimum absolute atomic E-state index is 0. The highest BCUT2D eigenvalue weighted by molar-refractivity contribution is 5.85. The van der Waals surface area contributed by atoms with Crippen molar-refractivity contribution in [1.82, 2.24) is 5.32 Å². The molecule has 0 bridgehead atoms. The summed E-state index contributed by atoms with van der Waals surface area (Å²) in [5.74, 6) is 0.333. The first kappa shape index (κ1) is 21.9. The van der Waals surface area contributed by atoms with Crippen LogP contribution < -0.4 is 11.1 Å². The minimum atomic E-state index is -0.835. The van der Waals surface area contributed by atoms with Gasteiger partial charge in [-0.1, -0.05) is 34.1 Å². The molecule has 0 aliphatic heterocycles. The number of carbonyl (C=O) groups excluding carboxylic acids is 1. The third-order valence-electron chi connectivity index (χ3n) is 3.51. The first-order valence-electron chi connectivity index (χ1n) is 7.15. The summed E-state index contributed by atoms with van der Waals surface area (Å²) in [6.45, 7) is 7.94. The number of rotatable bonds is 9. The lowest BCUT2D eigenvalue weighted by atomic mass is 9.97. The van der Waals surface area contributed by atoms with Gasteiger partial charge >= 0.3 is 0 Å². The molecule has 0 unspecified atom stereocenters. The number of nitrogens with two attached hydrogens (primary N) is 1. The molecule has 0 fully saturated rings. The molecule has 122 valence electrons. The van der Waals surface area contributed by atoms with Crippen LogP contribution in [0.25, 0.3) is 0 Å². The molecule has 0 rings (SSSR count). The maximum Gasteiger partial charge on any atom is 0.222 e. The lowest BCUT2D eigenvalue weighted by Crippen LogP contribution is -2.45. The SMILES string of the molecule is CC[C@H](C)[C@@H](CO)NC(=O)C[C@H](O)[C@@H](N)CC(C)C.Cl. The molecular weight excluding hydrogens is 280 g/mol. The highest BCUT2D eigenvalue weighted by Gasteiger charge is 2.22. The number of nitrogens with one attached hydrogen (secondary N) is 1. The van der Waals surface area contributed by atoms with Crippen molar-refractivity contribution >= 4 is 18.3 Å². The Kier molecular flexibility index (Phi) is 12.4. The minimum Gasteiger partial charge on any atom is -0.394 e. The van der Waals surface area contributed by atoms with Gasteiger partial charge in [0.2, 0.25) is 5.91 Å². The van der Waals surface area contributed by atoms with Crippen LogP contribution in [-0.4, -0.2) is 40.9 Å². The summed E-state index contributed by atoms with van der Waals surface area (Å²) >= 11 is 0. The van der Waals surface area contributed by atoms with Crippen molar-refractivity contribution in [2.45, 2.75) is 65.1 Å². The average molecular weight is 311 g/mol. The Bertz CT molecular complexity index is 265. The summed E-state index contributed by atoms with van der Waals surface area (Å²) in [7, 11) is 0. The molecule has 0 saturated carbocycles. The molecule has 5 N–H and O–H groups in total. The molecule has 6 heteroatoms. The van der Waals surface area contributed by atoms with Gasteiger partial charge in [0.25, 0.3) is 0 Å². The lowest BCUT2D eigenvalue weighted by molar-refractivity contribution is -0.124. The van der Waals surface area contributed by atoms with E-state index in [1.807, 2.05) is 27.7 Å². The van der Waals surface area contributed by atoms with Crippen molar-refractivity contribution in [1.29, 1.82) is 0 Å². The van der Waals surface area contributed by atoms with Crippen molar-refractivity contribution in [3.8, 4) is 0 Å². The fourth-order valence-corrected chi connectivity index (χ4v) is 1.96. The molecule has 5 nitrogen and oxygen atoms in total. The second kappa shape index (κ2) is 11.3. The van der Waals surface area contributed by atoms with Gasteiger partial charge in [-0.25, -0.2) is 0 Å². The number of amides is 1.